The summed E-state index contributed by atoms with van der Waals surface area (Å²) in [4.78, 5) is 16.6. The molecule has 2 aromatic rings. The number of aromatic nitrogens is 1. The van der Waals surface area contributed by atoms with Crippen molar-refractivity contribution in [1.82, 2.24) is 4.98 Å². The number of anilines is 2. The summed E-state index contributed by atoms with van der Waals surface area (Å²) >= 11 is 0. The van der Waals surface area contributed by atoms with E-state index in [2.05, 4.69) is 36.4 Å². The summed E-state index contributed by atoms with van der Waals surface area (Å²) in [6.07, 6.45) is 1.66. The van der Waals surface area contributed by atoms with E-state index in [1.165, 1.54) is 5.56 Å². The molecule has 116 valence electrons. The molecule has 2 N–H and O–H groups in total. The molecule has 0 fully saturated rings. The fraction of sp³-hybridized carbons (Fsp3) is 0.333. The van der Waals surface area contributed by atoms with E-state index in [-0.39, 0.29) is 11.4 Å². The summed E-state index contributed by atoms with van der Waals surface area (Å²) in [5, 5.41) is 6.15. The van der Waals surface area contributed by atoms with Crippen molar-refractivity contribution < 1.29 is 4.79 Å². The van der Waals surface area contributed by atoms with Crippen LogP contribution in [0.4, 0.5) is 11.5 Å². The van der Waals surface area contributed by atoms with Gasteiger partial charge in [-0.1, -0.05) is 6.07 Å². The molecule has 2 rings (SSSR count). The average molecular weight is 297 g/mol. The highest BCUT2D eigenvalue weighted by Crippen LogP contribution is 2.16. The zero-order valence-electron chi connectivity index (χ0n) is 13.8. The predicted octanol–water partition coefficient (Wildman–Crippen LogP) is 4.16. The van der Waals surface area contributed by atoms with Gasteiger partial charge in [0.25, 0.3) is 5.91 Å². The van der Waals surface area contributed by atoms with Crippen molar-refractivity contribution in [3.63, 3.8) is 0 Å². The number of nitrogens with one attached hydrogen (secondary N) is 2. The van der Waals surface area contributed by atoms with E-state index < -0.39 is 0 Å². The summed E-state index contributed by atoms with van der Waals surface area (Å²) in [7, 11) is 0. The number of carbonyl (C=O) groups excluding carboxylic acids is 1. The lowest BCUT2D eigenvalue weighted by atomic mass is 10.1. The Hall–Kier alpha value is -2.36. The van der Waals surface area contributed by atoms with E-state index in [9.17, 15) is 4.79 Å². The van der Waals surface area contributed by atoms with Gasteiger partial charge >= 0.3 is 0 Å². The maximum atomic E-state index is 12.2. The molecule has 4 heteroatoms. The Kier molecular flexibility index (Phi) is 4.50. The highest BCUT2D eigenvalue weighted by Gasteiger charge is 2.11. The van der Waals surface area contributed by atoms with E-state index >= 15 is 0 Å². The van der Waals surface area contributed by atoms with Crippen molar-refractivity contribution in [2.45, 2.75) is 40.2 Å². The van der Waals surface area contributed by atoms with E-state index in [4.69, 9.17) is 0 Å². The monoisotopic (exact) mass is 297 g/mol. The van der Waals surface area contributed by atoms with Gasteiger partial charge < -0.3 is 10.6 Å². The van der Waals surface area contributed by atoms with Crippen LogP contribution in [-0.4, -0.2) is 16.4 Å². The topological polar surface area (TPSA) is 54.0 Å². The second-order valence-corrected chi connectivity index (χ2v) is 6.56. The summed E-state index contributed by atoms with van der Waals surface area (Å²) in [6, 6.07) is 9.40. The van der Waals surface area contributed by atoms with Gasteiger partial charge in [-0.2, -0.15) is 0 Å². The number of pyridine rings is 1. The van der Waals surface area contributed by atoms with Gasteiger partial charge in [-0.05, 0) is 70.0 Å². The van der Waals surface area contributed by atoms with Gasteiger partial charge in [0.2, 0.25) is 0 Å². The lowest BCUT2D eigenvalue weighted by Crippen LogP contribution is -2.26. The van der Waals surface area contributed by atoms with Crippen molar-refractivity contribution >= 4 is 17.4 Å². The molecule has 1 aromatic heterocycles. The van der Waals surface area contributed by atoms with Crippen molar-refractivity contribution in [3.05, 3.63) is 53.2 Å². The minimum atomic E-state index is -0.124. The number of benzene rings is 1. The molecule has 22 heavy (non-hydrogen) atoms. The average Bonchev–Trinajstić information content (AvgIpc) is 2.42. The Morgan fingerprint density at radius 2 is 1.77 bits per heavy atom. The van der Waals surface area contributed by atoms with E-state index in [1.54, 1.807) is 6.20 Å². The summed E-state index contributed by atoms with van der Waals surface area (Å²) in [5.41, 5.74) is 3.57. The molecule has 0 aliphatic carbocycles. The summed E-state index contributed by atoms with van der Waals surface area (Å²) in [5.74, 6) is 0.665. The third kappa shape index (κ3) is 4.32. The summed E-state index contributed by atoms with van der Waals surface area (Å²) in [6.45, 7) is 10.3. The van der Waals surface area contributed by atoms with Crippen molar-refractivity contribution in [3.8, 4) is 0 Å². The van der Waals surface area contributed by atoms with Crippen LogP contribution in [0.3, 0.4) is 0 Å². The Labute approximate surface area is 132 Å². The Morgan fingerprint density at radius 1 is 1.05 bits per heavy atom. The van der Waals surface area contributed by atoms with Crippen LogP contribution in [0.15, 0.2) is 36.5 Å². The van der Waals surface area contributed by atoms with Gasteiger partial charge in [0.15, 0.2) is 0 Å². The van der Waals surface area contributed by atoms with Gasteiger partial charge in [0.05, 0.1) is 11.9 Å². The maximum Gasteiger partial charge on any atom is 0.255 e. The number of hydrogen-bond donors (Lipinski definition) is 2. The van der Waals surface area contributed by atoms with Crippen molar-refractivity contribution in [2.24, 2.45) is 0 Å². The maximum absolute atomic E-state index is 12.2. The molecule has 0 unspecified atom stereocenters. The van der Waals surface area contributed by atoms with E-state index in [0.717, 1.165) is 11.4 Å². The third-order valence-corrected chi connectivity index (χ3v) is 3.29. The molecular weight excluding hydrogens is 274 g/mol. The van der Waals surface area contributed by atoms with Crippen LogP contribution in [0.5, 0.6) is 0 Å². The quantitative estimate of drug-likeness (QED) is 0.894. The minimum absolute atomic E-state index is 0.0445. The van der Waals surface area contributed by atoms with Crippen molar-refractivity contribution in [2.75, 3.05) is 10.6 Å². The van der Waals surface area contributed by atoms with Crippen LogP contribution >= 0.6 is 0 Å². The van der Waals surface area contributed by atoms with Crippen LogP contribution in [-0.2, 0) is 0 Å². The molecule has 0 spiro atoms. The SMILES string of the molecule is Cc1ccc(C(=O)Nc2ccc(NC(C)(C)C)nc2)cc1C. The fourth-order valence-corrected chi connectivity index (χ4v) is 2.01. The minimum Gasteiger partial charge on any atom is -0.365 e. The Morgan fingerprint density at radius 3 is 2.32 bits per heavy atom. The van der Waals surface area contributed by atoms with Crippen LogP contribution < -0.4 is 10.6 Å². The number of hydrogen-bond acceptors (Lipinski definition) is 3. The van der Waals surface area contributed by atoms with Crippen molar-refractivity contribution in [1.29, 1.82) is 0 Å². The molecule has 1 amide bonds. The Balaban J connectivity index is 2.07. The molecule has 0 radical (unpaired) electrons. The molecular formula is C18H23N3O. The lowest BCUT2D eigenvalue weighted by Gasteiger charge is -2.21. The van der Waals surface area contributed by atoms with Gasteiger partial charge in [0.1, 0.15) is 5.82 Å². The van der Waals surface area contributed by atoms with Crippen LogP contribution in [0.25, 0.3) is 0 Å². The first-order valence-corrected chi connectivity index (χ1v) is 7.37. The van der Waals surface area contributed by atoms with Crippen LogP contribution in [0.2, 0.25) is 0 Å². The molecule has 0 atom stereocenters. The zero-order chi connectivity index (χ0) is 16.3. The highest BCUT2D eigenvalue weighted by atomic mass is 16.1. The molecule has 1 aromatic carbocycles. The Bertz CT molecular complexity index is 670. The number of nitrogens with zero attached hydrogens (tertiary/aromatic N) is 1. The van der Waals surface area contributed by atoms with Gasteiger partial charge in [-0.25, -0.2) is 4.98 Å². The first-order chi connectivity index (χ1) is 10.2. The molecule has 0 aliphatic heterocycles. The smallest absolute Gasteiger partial charge is 0.255 e. The summed E-state index contributed by atoms with van der Waals surface area (Å²) < 4.78 is 0. The number of carbonyl (C=O) groups is 1. The fourth-order valence-electron chi connectivity index (χ4n) is 2.01. The largest absolute Gasteiger partial charge is 0.365 e. The molecule has 0 bridgehead atoms. The first-order valence-electron chi connectivity index (χ1n) is 7.37. The molecule has 4 nitrogen and oxygen atoms in total. The number of aryl methyl sites for hydroxylation is 2. The van der Waals surface area contributed by atoms with Gasteiger partial charge in [0, 0.05) is 11.1 Å². The number of rotatable bonds is 3. The van der Waals surface area contributed by atoms with Crippen LogP contribution in [0, 0.1) is 13.8 Å². The molecule has 0 saturated carbocycles. The standard InChI is InChI=1S/C18H23N3O/c1-12-6-7-14(10-13(12)2)17(22)20-15-8-9-16(19-11-15)21-18(3,4)5/h6-11H,1-5H3,(H,19,21)(H,20,22). The van der Waals surface area contributed by atoms with E-state index in [0.29, 0.717) is 11.3 Å². The van der Waals surface area contributed by atoms with E-state index in [1.807, 2.05) is 44.2 Å². The van der Waals surface area contributed by atoms with Gasteiger partial charge in [-0.15, -0.1) is 0 Å². The second-order valence-electron chi connectivity index (χ2n) is 6.56. The second kappa shape index (κ2) is 6.18. The van der Waals surface area contributed by atoms with Gasteiger partial charge in [-0.3, -0.25) is 4.79 Å². The molecule has 1 heterocycles. The first kappa shape index (κ1) is 16.0. The number of amides is 1. The van der Waals surface area contributed by atoms with Crippen LogP contribution in [0.1, 0.15) is 42.3 Å². The normalized spacial score (nSPS) is 11.1. The highest BCUT2D eigenvalue weighted by molar-refractivity contribution is 6.04. The third-order valence-electron chi connectivity index (χ3n) is 3.29. The lowest BCUT2D eigenvalue weighted by molar-refractivity contribution is 0.102. The predicted molar refractivity (Wildman–Crippen MR) is 91.5 cm³/mol. The molecule has 0 aliphatic rings. The zero-order valence-corrected chi connectivity index (χ0v) is 13.8. The molecule has 0 saturated heterocycles.